The molecule has 2 aliphatic rings. The van der Waals surface area contributed by atoms with Crippen LogP contribution in [0, 0.1) is 0 Å². The number of hydrogen-bond donors (Lipinski definition) is 0. The van der Waals surface area contributed by atoms with Crippen LogP contribution < -0.4 is 9.47 Å². The van der Waals surface area contributed by atoms with Crippen molar-refractivity contribution in [2.75, 3.05) is 33.4 Å². The molecule has 6 nitrogen and oxygen atoms in total. The summed E-state index contributed by atoms with van der Waals surface area (Å²) in [6.07, 6.45) is 2.11. The maximum atomic E-state index is 13.1. The maximum Gasteiger partial charge on any atom is 0.258 e. The zero-order valence-corrected chi connectivity index (χ0v) is 16.0. The van der Waals surface area contributed by atoms with E-state index in [0.717, 1.165) is 37.2 Å². The summed E-state index contributed by atoms with van der Waals surface area (Å²) in [5.74, 6) is 1.22. The van der Waals surface area contributed by atoms with Crippen molar-refractivity contribution >= 4 is 11.8 Å². The van der Waals surface area contributed by atoms with Crippen LogP contribution in [0.5, 0.6) is 11.5 Å². The lowest BCUT2D eigenvalue weighted by Crippen LogP contribution is -2.32. The first-order chi connectivity index (χ1) is 13.7. The molecule has 0 aliphatic carbocycles. The number of methoxy groups -OCH3 is 1. The minimum absolute atomic E-state index is 0.0483. The summed E-state index contributed by atoms with van der Waals surface area (Å²) in [5, 5.41) is 0. The number of carbonyl (C=O) groups excluding carboxylic acids is 2. The van der Waals surface area contributed by atoms with E-state index in [2.05, 4.69) is 0 Å². The van der Waals surface area contributed by atoms with E-state index in [4.69, 9.17) is 9.47 Å². The van der Waals surface area contributed by atoms with E-state index < -0.39 is 0 Å². The number of para-hydroxylation sites is 1. The Morgan fingerprint density at radius 1 is 0.964 bits per heavy atom. The Morgan fingerprint density at radius 3 is 2.54 bits per heavy atom. The number of carbonyl (C=O) groups is 2. The first-order valence-corrected chi connectivity index (χ1v) is 9.64. The van der Waals surface area contributed by atoms with Crippen molar-refractivity contribution in [1.29, 1.82) is 0 Å². The van der Waals surface area contributed by atoms with Crippen LogP contribution in [0.2, 0.25) is 0 Å². The van der Waals surface area contributed by atoms with Gasteiger partial charge in [0.2, 0.25) is 0 Å². The Hall–Kier alpha value is -3.02. The van der Waals surface area contributed by atoms with Gasteiger partial charge < -0.3 is 19.3 Å². The fourth-order valence-electron chi connectivity index (χ4n) is 3.80. The molecule has 2 aliphatic heterocycles. The Balaban J connectivity index is 1.59. The molecule has 0 unspecified atom stereocenters. The summed E-state index contributed by atoms with van der Waals surface area (Å²) in [7, 11) is 1.56. The van der Waals surface area contributed by atoms with Gasteiger partial charge in [-0.2, -0.15) is 0 Å². The normalized spacial score (nSPS) is 16.2. The highest BCUT2D eigenvalue weighted by Crippen LogP contribution is 2.28. The van der Waals surface area contributed by atoms with Crippen LogP contribution in [0.4, 0.5) is 0 Å². The second-order valence-corrected chi connectivity index (χ2v) is 7.10. The molecule has 0 aromatic heterocycles. The van der Waals surface area contributed by atoms with Crippen molar-refractivity contribution in [2.24, 2.45) is 0 Å². The molecule has 0 bridgehead atoms. The lowest BCUT2D eigenvalue weighted by molar-refractivity contribution is 0.0729. The van der Waals surface area contributed by atoms with Crippen LogP contribution in [0.25, 0.3) is 0 Å². The van der Waals surface area contributed by atoms with E-state index >= 15 is 0 Å². The molecule has 2 amide bonds. The van der Waals surface area contributed by atoms with Gasteiger partial charge in [-0.05, 0) is 43.2 Å². The molecule has 2 aromatic rings. The van der Waals surface area contributed by atoms with Gasteiger partial charge in [0, 0.05) is 30.8 Å². The third-order valence-corrected chi connectivity index (χ3v) is 5.31. The first kappa shape index (κ1) is 18.3. The molecule has 1 saturated heterocycles. The van der Waals surface area contributed by atoms with E-state index in [9.17, 15) is 9.59 Å². The summed E-state index contributed by atoms with van der Waals surface area (Å²) in [6.45, 7) is 2.90. The van der Waals surface area contributed by atoms with Gasteiger partial charge in [-0.1, -0.05) is 12.1 Å². The van der Waals surface area contributed by atoms with Crippen molar-refractivity contribution in [3.63, 3.8) is 0 Å². The standard InChI is InChI=1S/C22H24N2O4/c1-27-20-7-3-2-6-18(20)22(26)24-12-13-28-19-9-8-16(14-17(19)15-24)21(25)23-10-4-5-11-23/h2-3,6-9,14H,4-5,10-13,15H2,1H3. The van der Waals surface area contributed by atoms with Gasteiger partial charge in [0.05, 0.1) is 19.2 Å². The van der Waals surface area contributed by atoms with E-state index in [1.165, 1.54) is 0 Å². The quantitative estimate of drug-likeness (QED) is 0.821. The molecule has 0 saturated carbocycles. The average molecular weight is 380 g/mol. The number of rotatable bonds is 3. The summed E-state index contributed by atoms with van der Waals surface area (Å²) < 4.78 is 11.2. The van der Waals surface area contributed by atoms with Crippen molar-refractivity contribution in [3.05, 3.63) is 59.2 Å². The predicted octanol–water partition coefficient (Wildman–Crippen LogP) is 2.97. The molecular formula is C22H24N2O4. The Kier molecular flexibility index (Phi) is 5.19. The number of ether oxygens (including phenoxy) is 2. The molecule has 0 atom stereocenters. The van der Waals surface area contributed by atoms with E-state index in [1.807, 2.05) is 35.2 Å². The van der Waals surface area contributed by atoms with E-state index in [-0.39, 0.29) is 11.8 Å². The highest BCUT2D eigenvalue weighted by Gasteiger charge is 2.25. The number of amides is 2. The monoisotopic (exact) mass is 380 g/mol. The maximum absolute atomic E-state index is 13.1. The number of likely N-dealkylation sites (tertiary alicyclic amines) is 1. The Bertz CT molecular complexity index is 890. The van der Waals surface area contributed by atoms with Gasteiger partial charge >= 0.3 is 0 Å². The van der Waals surface area contributed by atoms with E-state index in [1.54, 1.807) is 24.1 Å². The number of nitrogens with zero attached hydrogens (tertiary/aromatic N) is 2. The average Bonchev–Trinajstić information content (AvgIpc) is 3.19. The zero-order chi connectivity index (χ0) is 19.5. The van der Waals surface area contributed by atoms with Crippen LogP contribution in [0.15, 0.2) is 42.5 Å². The lowest BCUT2D eigenvalue weighted by atomic mass is 10.1. The van der Waals surface area contributed by atoms with Crippen molar-refractivity contribution in [3.8, 4) is 11.5 Å². The molecule has 2 aromatic carbocycles. The van der Waals surface area contributed by atoms with Crippen molar-refractivity contribution in [1.82, 2.24) is 9.80 Å². The second kappa shape index (κ2) is 7.92. The SMILES string of the molecule is COc1ccccc1C(=O)N1CCOc2ccc(C(=O)N3CCCC3)cc2C1. The molecular weight excluding hydrogens is 356 g/mol. The highest BCUT2D eigenvalue weighted by atomic mass is 16.5. The van der Waals surface area contributed by atoms with Gasteiger partial charge in [-0.3, -0.25) is 9.59 Å². The topological polar surface area (TPSA) is 59.1 Å². The fourth-order valence-corrected chi connectivity index (χ4v) is 3.80. The van der Waals surface area contributed by atoms with Crippen LogP contribution in [0.1, 0.15) is 39.1 Å². The minimum atomic E-state index is -0.106. The van der Waals surface area contributed by atoms with Crippen molar-refractivity contribution in [2.45, 2.75) is 19.4 Å². The van der Waals surface area contributed by atoms with Crippen LogP contribution in [-0.2, 0) is 6.54 Å². The zero-order valence-electron chi connectivity index (χ0n) is 16.0. The third-order valence-electron chi connectivity index (χ3n) is 5.31. The highest BCUT2D eigenvalue weighted by molar-refractivity contribution is 5.97. The fraction of sp³-hybridized carbons (Fsp3) is 0.364. The van der Waals surface area contributed by atoms with Gasteiger partial charge in [-0.15, -0.1) is 0 Å². The lowest BCUT2D eigenvalue weighted by Gasteiger charge is -2.21. The number of fused-ring (bicyclic) bond motifs is 1. The Morgan fingerprint density at radius 2 is 1.75 bits per heavy atom. The molecule has 4 rings (SSSR count). The van der Waals surface area contributed by atoms with Crippen LogP contribution >= 0.6 is 0 Å². The molecule has 0 N–H and O–H groups in total. The van der Waals surface area contributed by atoms with Gasteiger partial charge in [-0.25, -0.2) is 0 Å². The number of benzene rings is 2. The summed E-state index contributed by atoms with van der Waals surface area (Å²) in [6, 6.07) is 12.7. The summed E-state index contributed by atoms with van der Waals surface area (Å²) >= 11 is 0. The predicted molar refractivity (Wildman–Crippen MR) is 105 cm³/mol. The molecule has 0 spiro atoms. The van der Waals surface area contributed by atoms with Gasteiger partial charge in [0.1, 0.15) is 18.1 Å². The van der Waals surface area contributed by atoms with Gasteiger partial charge in [0.25, 0.3) is 11.8 Å². The molecule has 2 heterocycles. The summed E-state index contributed by atoms with van der Waals surface area (Å²) in [5.41, 5.74) is 2.03. The second-order valence-electron chi connectivity index (χ2n) is 7.10. The molecule has 0 radical (unpaired) electrons. The Labute approximate surface area is 164 Å². The molecule has 6 heteroatoms. The smallest absolute Gasteiger partial charge is 0.258 e. The molecule has 28 heavy (non-hydrogen) atoms. The molecule has 146 valence electrons. The summed E-state index contributed by atoms with van der Waals surface area (Å²) in [4.78, 5) is 29.4. The largest absolute Gasteiger partial charge is 0.496 e. The van der Waals surface area contributed by atoms with Crippen LogP contribution in [0.3, 0.4) is 0 Å². The van der Waals surface area contributed by atoms with Crippen molar-refractivity contribution < 1.29 is 19.1 Å². The number of hydrogen-bond acceptors (Lipinski definition) is 4. The minimum Gasteiger partial charge on any atom is -0.496 e. The van der Waals surface area contributed by atoms with Gasteiger partial charge in [0.15, 0.2) is 0 Å². The molecule has 1 fully saturated rings. The third kappa shape index (κ3) is 3.54. The van der Waals surface area contributed by atoms with E-state index in [0.29, 0.717) is 36.6 Å². The van der Waals surface area contributed by atoms with Crippen LogP contribution in [-0.4, -0.2) is 55.0 Å². The first-order valence-electron chi connectivity index (χ1n) is 9.64.